The number of aryl methyl sites for hydroxylation is 3. The van der Waals surface area contributed by atoms with Crippen molar-refractivity contribution in [3.63, 3.8) is 0 Å². The van der Waals surface area contributed by atoms with Gasteiger partial charge in [-0.25, -0.2) is 27.5 Å². The van der Waals surface area contributed by atoms with Crippen molar-refractivity contribution in [2.45, 2.75) is 45.1 Å². The number of aromatic nitrogens is 3. The fourth-order valence-electron chi connectivity index (χ4n) is 4.22. The SMILES string of the molecule is CCc1nc2c(C)cc(C)nc2n1-c1ccc(CCNC(=O)N(C)S(=O)(=O)c2ccc(CN)cc2)cc1. The number of nitrogens with zero attached hydrogens (tertiary/aromatic N) is 4. The third kappa shape index (κ3) is 5.35. The van der Waals surface area contributed by atoms with E-state index in [-0.39, 0.29) is 11.4 Å². The van der Waals surface area contributed by atoms with Gasteiger partial charge in [0.25, 0.3) is 10.0 Å². The standard InChI is InChI=1S/C27H32N6O3S/c1-5-24-31-25-18(2)16-19(3)30-26(25)33(24)22-10-6-20(7-11-22)14-15-29-27(34)32(4)37(35,36)23-12-8-21(17-28)9-13-23/h6-13,16H,5,14-15,17,28H2,1-4H3,(H,29,34). The number of fused-ring (bicyclic) bond motifs is 1. The number of sulfonamides is 1. The van der Waals surface area contributed by atoms with Gasteiger partial charge in [0.1, 0.15) is 11.3 Å². The number of hydrogen-bond donors (Lipinski definition) is 2. The van der Waals surface area contributed by atoms with Crippen LogP contribution in [0.15, 0.2) is 59.5 Å². The molecule has 10 heteroatoms. The van der Waals surface area contributed by atoms with E-state index in [0.29, 0.717) is 13.0 Å². The van der Waals surface area contributed by atoms with Gasteiger partial charge in [0.05, 0.1) is 4.90 Å². The molecule has 0 spiro atoms. The zero-order valence-electron chi connectivity index (χ0n) is 21.5. The molecule has 0 aliphatic rings. The van der Waals surface area contributed by atoms with Crippen LogP contribution in [0, 0.1) is 13.8 Å². The number of imidazole rings is 1. The number of benzene rings is 2. The number of nitrogens with two attached hydrogens (primary N) is 1. The Morgan fingerprint density at radius 1 is 1.03 bits per heavy atom. The van der Waals surface area contributed by atoms with E-state index >= 15 is 0 Å². The molecule has 0 radical (unpaired) electrons. The molecule has 0 bridgehead atoms. The summed E-state index contributed by atoms with van der Waals surface area (Å²) in [5.74, 6) is 0.943. The molecule has 0 aliphatic carbocycles. The van der Waals surface area contributed by atoms with Crippen molar-refractivity contribution in [2.24, 2.45) is 5.73 Å². The molecule has 4 aromatic rings. The fourth-order valence-corrected chi connectivity index (χ4v) is 5.29. The number of carbonyl (C=O) groups excluding carboxylic acids is 1. The topological polar surface area (TPSA) is 123 Å². The van der Waals surface area contributed by atoms with Crippen LogP contribution < -0.4 is 11.1 Å². The molecule has 0 saturated carbocycles. The van der Waals surface area contributed by atoms with Crippen LogP contribution in [0.4, 0.5) is 4.79 Å². The molecule has 2 heterocycles. The first-order valence-corrected chi connectivity index (χ1v) is 13.6. The molecule has 0 fully saturated rings. The Morgan fingerprint density at radius 3 is 2.30 bits per heavy atom. The number of rotatable bonds is 8. The van der Waals surface area contributed by atoms with Crippen molar-refractivity contribution in [3.8, 4) is 5.69 Å². The van der Waals surface area contributed by atoms with Crippen LogP contribution in [0.5, 0.6) is 0 Å². The Hall–Kier alpha value is -3.76. The molecule has 0 aliphatic heterocycles. The Labute approximate surface area is 217 Å². The van der Waals surface area contributed by atoms with Gasteiger partial charge in [0.15, 0.2) is 5.65 Å². The third-order valence-corrected chi connectivity index (χ3v) is 8.06. The molecule has 3 N–H and O–H groups in total. The van der Waals surface area contributed by atoms with Gasteiger partial charge in [-0.2, -0.15) is 0 Å². The summed E-state index contributed by atoms with van der Waals surface area (Å²) >= 11 is 0. The Balaban J connectivity index is 1.42. The van der Waals surface area contributed by atoms with Crippen molar-refractivity contribution < 1.29 is 13.2 Å². The van der Waals surface area contributed by atoms with Gasteiger partial charge in [-0.3, -0.25) is 4.57 Å². The second-order valence-corrected chi connectivity index (χ2v) is 10.9. The highest BCUT2D eigenvalue weighted by Crippen LogP contribution is 2.24. The van der Waals surface area contributed by atoms with Crippen molar-refractivity contribution in [3.05, 3.63) is 82.8 Å². The quantitative estimate of drug-likeness (QED) is 0.366. The van der Waals surface area contributed by atoms with Crippen molar-refractivity contribution >= 4 is 27.2 Å². The molecular weight excluding hydrogens is 488 g/mol. The molecule has 37 heavy (non-hydrogen) atoms. The minimum Gasteiger partial charge on any atom is -0.337 e. The first-order valence-electron chi connectivity index (χ1n) is 12.2. The average molecular weight is 521 g/mol. The summed E-state index contributed by atoms with van der Waals surface area (Å²) < 4.78 is 28.3. The van der Waals surface area contributed by atoms with Gasteiger partial charge in [0, 0.05) is 37.9 Å². The Kier molecular flexibility index (Phi) is 7.60. The van der Waals surface area contributed by atoms with Gasteiger partial charge in [-0.15, -0.1) is 0 Å². The maximum absolute atomic E-state index is 12.8. The predicted octanol–water partition coefficient (Wildman–Crippen LogP) is 3.63. The van der Waals surface area contributed by atoms with Crippen LogP contribution in [0.25, 0.3) is 16.9 Å². The van der Waals surface area contributed by atoms with E-state index in [1.807, 2.05) is 44.2 Å². The van der Waals surface area contributed by atoms with E-state index in [1.54, 1.807) is 12.1 Å². The number of hydrogen-bond acceptors (Lipinski definition) is 6. The molecule has 2 aromatic heterocycles. The minimum absolute atomic E-state index is 0.0382. The van der Waals surface area contributed by atoms with E-state index < -0.39 is 16.1 Å². The summed E-state index contributed by atoms with van der Waals surface area (Å²) in [4.78, 5) is 22.1. The summed E-state index contributed by atoms with van der Waals surface area (Å²) in [7, 11) is -2.71. The number of nitrogens with one attached hydrogen (secondary N) is 1. The van der Waals surface area contributed by atoms with Crippen LogP contribution >= 0.6 is 0 Å². The lowest BCUT2D eigenvalue weighted by Crippen LogP contribution is -2.41. The summed E-state index contributed by atoms with van der Waals surface area (Å²) in [6, 6.07) is 15.5. The molecule has 2 amide bonds. The number of amides is 2. The summed E-state index contributed by atoms with van der Waals surface area (Å²) in [6.45, 7) is 6.70. The average Bonchev–Trinajstić information content (AvgIpc) is 3.27. The lowest BCUT2D eigenvalue weighted by atomic mass is 10.1. The molecule has 0 saturated heterocycles. The van der Waals surface area contributed by atoms with Crippen LogP contribution in [-0.4, -0.2) is 46.9 Å². The van der Waals surface area contributed by atoms with E-state index in [4.69, 9.17) is 15.7 Å². The van der Waals surface area contributed by atoms with E-state index in [0.717, 1.165) is 55.8 Å². The Morgan fingerprint density at radius 2 is 1.68 bits per heavy atom. The van der Waals surface area contributed by atoms with Crippen molar-refractivity contribution in [1.29, 1.82) is 0 Å². The summed E-state index contributed by atoms with van der Waals surface area (Å²) in [5.41, 5.74) is 12.2. The maximum atomic E-state index is 12.8. The second kappa shape index (κ2) is 10.7. The van der Waals surface area contributed by atoms with Crippen LogP contribution in [0.2, 0.25) is 0 Å². The van der Waals surface area contributed by atoms with E-state index in [1.165, 1.54) is 19.2 Å². The molecule has 194 valence electrons. The maximum Gasteiger partial charge on any atom is 0.331 e. The molecule has 9 nitrogen and oxygen atoms in total. The lowest BCUT2D eigenvalue weighted by molar-refractivity contribution is 0.228. The van der Waals surface area contributed by atoms with Gasteiger partial charge < -0.3 is 11.1 Å². The van der Waals surface area contributed by atoms with Gasteiger partial charge in [-0.05, 0) is 67.3 Å². The smallest absolute Gasteiger partial charge is 0.331 e. The fraction of sp³-hybridized carbons (Fsp3) is 0.296. The van der Waals surface area contributed by atoms with E-state index in [9.17, 15) is 13.2 Å². The van der Waals surface area contributed by atoms with E-state index in [2.05, 4.69) is 16.8 Å². The highest BCUT2D eigenvalue weighted by molar-refractivity contribution is 7.89. The molecule has 0 unspecified atom stereocenters. The predicted molar refractivity (Wildman–Crippen MR) is 144 cm³/mol. The summed E-state index contributed by atoms with van der Waals surface area (Å²) in [5, 5.41) is 2.69. The largest absolute Gasteiger partial charge is 0.337 e. The normalized spacial score (nSPS) is 11.6. The minimum atomic E-state index is -3.95. The number of pyridine rings is 1. The Bertz CT molecular complexity index is 1530. The van der Waals surface area contributed by atoms with Crippen LogP contribution in [0.3, 0.4) is 0 Å². The van der Waals surface area contributed by atoms with Crippen LogP contribution in [-0.2, 0) is 29.4 Å². The lowest BCUT2D eigenvalue weighted by Gasteiger charge is -2.18. The van der Waals surface area contributed by atoms with Crippen molar-refractivity contribution in [1.82, 2.24) is 24.2 Å². The molecule has 0 atom stereocenters. The zero-order chi connectivity index (χ0) is 26.7. The second-order valence-electron chi connectivity index (χ2n) is 8.94. The first kappa shape index (κ1) is 26.3. The zero-order valence-corrected chi connectivity index (χ0v) is 22.3. The monoisotopic (exact) mass is 520 g/mol. The first-order chi connectivity index (χ1) is 17.6. The molecule has 2 aromatic carbocycles. The number of urea groups is 1. The number of carbonyl (C=O) groups is 1. The summed E-state index contributed by atoms with van der Waals surface area (Å²) in [6.07, 6.45) is 1.32. The van der Waals surface area contributed by atoms with Gasteiger partial charge in [0.2, 0.25) is 0 Å². The van der Waals surface area contributed by atoms with Crippen LogP contribution in [0.1, 0.15) is 35.1 Å². The van der Waals surface area contributed by atoms with Crippen molar-refractivity contribution in [2.75, 3.05) is 13.6 Å². The third-order valence-electron chi connectivity index (χ3n) is 6.31. The molecule has 4 rings (SSSR count). The molecular formula is C27H32N6O3S. The highest BCUT2D eigenvalue weighted by atomic mass is 32.2. The van der Waals surface area contributed by atoms with Gasteiger partial charge in [-0.1, -0.05) is 31.2 Å². The highest BCUT2D eigenvalue weighted by Gasteiger charge is 2.25. The van der Waals surface area contributed by atoms with Gasteiger partial charge >= 0.3 is 6.03 Å².